The molecule has 0 atom stereocenters. The third kappa shape index (κ3) is 4.64. The quantitative estimate of drug-likeness (QED) is 0.278. The van der Waals surface area contributed by atoms with E-state index in [-0.39, 0.29) is 5.91 Å². The van der Waals surface area contributed by atoms with Crippen LogP contribution in [0, 0.1) is 0 Å². The highest BCUT2D eigenvalue weighted by atomic mass is 79.9. The molecule has 4 aromatic carbocycles. The van der Waals surface area contributed by atoms with Gasteiger partial charge < -0.3 is 4.74 Å². The Kier molecular flexibility index (Phi) is 5.87. The Bertz CT molecular complexity index is 1350. The van der Waals surface area contributed by atoms with Crippen LogP contribution in [0.15, 0.2) is 124 Å². The Morgan fingerprint density at radius 3 is 2.15 bits per heavy atom. The molecule has 0 aromatic heterocycles. The molecule has 0 spiro atoms. The van der Waals surface area contributed by atoms with Crippen LogP contribution in [0.2, 0.25) is 0 Å². The van der Waals surface area contributed by atoms with Crippen molar-refractivity contribution in [2.45, 2.75) is 0 Å². The topological polar surface area (TPSA) is 41.9 Å². The number of hydrogen-bond donors (Lipinski definition) is 0. The molecule has 4 aromatic rings. The van der Waals surface area contributed by atoms with Crippen molar-refractivity contribution in [3.05, 3.63) is 130 Å². The smallest absolute Gasteiger partial charge is 0.282 e. The molecule has 1 amide bonds. The van der Waals surface area contributed by atoms with Crippen molar-refractivity contribution in [3.63, 3.8) is 0 Å². The summed E-state index contributed by atoms with van der Waals surface area (Å²) in [7, 11) is 0. The highest BCUT2D eigenvalue weighted by Crippen LogP contribution is 2.30. The summed E-state index contributed by atoms with van der Waals surface area (Å²) >= 11 is 3.46. The average molecular weight is 495 g/mol. The molecule has 4 nitrogen and oxygen atoms in total. The predicted octanol–water partition coefficient (Wildman–Crippen LogP) is 7.08. The molecule has 0 radical (unpaired) electrons. The van der Waals surface area contributed by atoms with Gasteiger partial charge in [-0.05, 0) is 60.2 Å². The maximum Gasteiger partial charge on any atom is 0.282 e. The molecule has 5 heteroatoms. The van der Waals surface area contributed by atoms with E-state index in [0.717, 1.165) is 27.0 Å². The number of aliphatic imine (C=N–C) groups is 1. The Morgan fingerprint density at radius 2 is 1.42 bits per heavy atom. The van der Waals surface area contributed by atoms with Crippen molar-refractivity contribution >= 4 is 39.4 Å². The number of amides is 1. The largest absolute Gasteiger partial charge is 0.457 e. The minimum absolute atomic E-state index is 0.175. The lowest BCUT2D eigenvalue weighted by Crippen LogP contribution is -2.32. The number of halogens is 1. The second-order valence-corrected chi connectivity index (χ2v) is 8.35. The highest BCUT2D eigenvalue weighted by molar-refractivity contribution is 9.10. The van der Waals surface area contributed by atoms with E-state index >= 15 is 0 Å². The van der Waals surface area contributed by atoms with Crippen molar-refractivity contribution in [1.29, 1.82) is 0 Å². The second kappa shape index (κ2) is 9.27. The molecule has 160 valence electrons. The lowest BCUT2D eigenvalue weighted by Gasteiger charge is -2.18. The Balaban J connectivity index is 1.51. The molecule has 0 unspecified atom stereocenters. The van der Waals surface area contributed by atoms with Crippen LogP contribution < -0.4 is 9.64 Å². The van der Waals surface area contributed by atoms with Crippen molar-refractivity contribution in [1.82, 2.24) is 0 Å². The monoisotopic (exact) mass is 494 g/mol. The lowest BCUT2D eigenvalue weighted by molar-refractivity contribution is -0.113. The number of rotatable bonds is 5. The summed E-state index contributed by atoms with van der Waals surface area (Å²) in [4.78, 5) is 19.8. The molecule has 0 N–H and O–H groups in total. The van der Waals surface area contributed by atoms with E-state index in [4.69, 9.17) is 9.73 Å². The molecular weight excluding hydrogens is 476 g/mol. The lowest BCUT2D eigenvalue weighted by atomic mass is 10.1. The van der Waals surface area contributed by atoms with Gasteiger partial charge in [-0.15, -0.1) is 0 Å². The van der Waals surface area contributed by atoms with Gasteiger partial charge in [-0.2, -0.15) is 0 Å². The summed E-state index contributed by atoms with van der Waals surface area (Å²) in [5.41, 5.74) is 2.84. The SMILES string of the molecule is O=C1/C(=C\c2cccc(Oc3ccccc3)c2)N=C(c2ccccc2)N1c1ccc(Br)cc1. The number of hydrogen-bond acceptors (Lipinski definition) is 3. The fourth-order valence-corrected chi connectivity index (χ4v) is 3.84. The molecule has 0 fully saturated rings. The zero-order chi connectivity index (χ0) is 22.6. The second-order valence-electron chi connectivity index (χ2n) is 7.44. The molecule has 1 heterocycles. The van der Waals surface area contributed by atoms with E-state index in [2.05, 4.69) is 15.9 Å². The standard InChI is InChI=1S/C28H19BrN2O2/c29-22-14-16-23(17-15-22)31-27(21-9-3-1-4-10-21)30-26(28(31)32)19-20-8-7-13-25(18-20)33-24-11-5-2-6-12-24/h1-19H/b26-19+. The molecular formula is C28H19BrN2O2. The maximum atomic E-state index is 13.5. The van der Waals surface area contributed by atoms with E-state index in [9.17, 15) is 4.79 Å². The van der Waals surface area contributed by atoms with Gasteiger partial charge in [0.25, 0.3) is 5.91 Å². The number of benzene rings is 4. The predicted molar refractivity (Wildman–Crippen MR) is 136 cm³/mol. The van der Waals surface area contributed by atoms with Gasteiger partial charge in [-0.25, -0.2) is 4.99 Å². The number of nitrogens with zero attached hydrogens (tertiary/aromatic N) is 2. The number of amidine groups is 1. The van der Waals surface area contributed by atoms with Crippen molar-refractivity contribution in [2.75, 3.05) is 4.90 Å². The fourth-order valence-electron chi connectivity index (χ4n) is 3.58. The van der Waals surface area contributed by atoms with Crippen LogP contribution >= 0.6 is 15.9 Å². The van der Waals surface area contributed by atoms with Crippen molar-refractivity contribution < 1.29 is 9.53 Å². The zero-order valence-electron chi connectivity index (χ0n) is 17.6. The summed E-state index contributed by atoms with van der Waals surface area (Å²) in [5.74, 6) is 1.87. The molecule has 5 rings (SSSR count). The van der Waals surface area contributed by atoms with Crippen LogP contribution in [-0.4, -0.2) is 11.7 Å². The first-order chi connectivity index (χ1) is 16.2. The molecule has 0 saturated carbocycles. The number of carbonyl (C=O) groups is 1. The summed E-state index contributed by atoms with van der Waals surface area (Å²) in [6.45, 7) is 0. The van der Waals surface area contributed by atoms with Crippen molar-refractivity contribution in [3.8, 4) is 11.5 Å². The third-order valence-electron chi connectivity index (χ3n) is 5.12. The number of ether oxygens (including phenoxy) is 1. The Hall–Kier alpha value is -3.96. The highest BCUT2D eigenvalue weighted by Gasteiger charge is 2.32. The van der Waals surface area contributed by atoms with Gasteiger partial charge in [-0.3, -0.25) is 9.69 Å². The summed E-state index contributed by atoms with van der Waals surface area (Å²) < 4.78 is 6.88. The van der Waals surface area contributed by atoms with E-state index < -0.39 is 0 Å². The van der Waals surface area contributed by atoms with E-state index in [1.54, 1.807) is 11.0 Å². The van der Waals surface area contributed by atoms with E-state index in [0.29, 0.717) is 17.3 Å². The van der Waals surface area contributed by atoms with Crippen LogP contribution in [0.5, 0.6) is 11.5 Å². The van der Waals surface area contributed by atoms with Crippen LogP contribution in [-0.2, 0) is 4.79 Å². The van der Waals surface area contributed by atoms with Crippen molar-refractivity contribution in [2.24, 2.45) is 4.99 Å². The molecule has 0 saturated heterocycles. The fraction of sp³-hybridized carbons (Fsp3) is 0. The average Bonchev–Trinajstić information content (AvgIpc) is 3.17. The summed E-state index contributed by atoms with van der Waals surface area (Å²) in [6.07, 6.45) is 1.79. The van der Waals surface area contributed by atoms with Gasteiger partial charge in [0.2, 0.25) is 0 Å². The summed E-state index contributed by atoms with van der Waals surface area (Å²) in [6, 6.07) is 34.6. The first-order valence-electron chi connectivity index (χ1n) is 10.5. The van der Waals surface area contributed by atoms with Gasteiger partial charge in [0.05, 0.1) is 5.69 Å². The first-order valence-corrected chi connectivity index (χ1v) is 11.3. The van der Waals surface area contributed by atoms with E-state index in [1.807, 2.05) is 109 Å². The zero-order valence-corrected chi connectivity index (χ0v) is 19.1. The maximum absolute atomic E-state index is 13.5. The number of carbonyl (C=O) groups excluding carboxylic acids is 1. The molecule has 0 bridgehead atoms. The Labute approximate surface area is 200 Å². The van der Waals surface area contributed by atoms with Gasteiger partial charge in [0, 0.05) is 10.0 Å². The van der Waals surface area contributed by atoms with Crippen LogP contribution in [0.4, 0.5) is 5.69 Å². The Morgan fingerprint density at radius 1 is 0.758 bits per heavy atom. The first kappa shape index (κ1) is 20.9. The number of anilines is 1. The van der Waals surface area contributed by atoms with Gasteiger partial charge >= 0.3 is 0 Å². The molecule has 0 aliphatic carbocycles. The van der Waals surface area contributed by atoms with Gasteiger partial charge in [0.1, 0.15) is 23.0 Å². The van der Waals surface area contributed by atoms with Crippen LogP contribution in [0.3, 0.4) is 0 Å². The molecule has 1 aliphatic rings. The molecule has 33 heavy (non-hydrogen) atoms. The molecule has 1 aliphatic heterocycles. The minimum atomic E-state index is -0.175. The third-order valence-corrected chi connectivity index (χ3v) is 5.65. The number of para-hydroxylation sites is 1. The summed E-state index contributed by atoms with van der Waals surface area (Å²) in [5, 5.41) is 0. The van der Waals surface area contributed by atoms with Crippen LogP contribution in [0.25, 0.3) is 6.08 Å². The van der Waals surface area contributed by atoms with Crippen LogP contribution in [0.1, 0.15) is 11.1 Å². The van der Waals surface area contributed by atoms with Gasteiger partial charge in [-0.1, -0.05) is 76.6 Å². The van der Waals surface area contributed by atoms with E-state index in [1.165, 1.54) is 0 Å². The van der Waals surface area contributed by atoms with Gasteiger partial charge in [0.15, 0.2) is 0 Å². The minimum Gasteiger partial charge on any atom is -0.457 e. The normalized spacial score (nSPS) is 14.5.